The molecule has 0 atom stereocenters. The molecule has 0 unspecified atom stereocenters. The van der Waals surface area contributed by atoms with Gasteiger partial charge in [0.1, 0.15) is 0 Å². The summed E-state index contributed by atoms with van der Waals surface area (Å²) in [6.07, 6.45) is 0. The van der Waals surface area contributed by atoms with E-state index in [0.717, 1.165) is 11.4 Å². The Labute approximate surface area is 431 Å². The van der Waals surface area contributed by atoms with E-state index in [2.05, 4.69) is 300 Å². The number of benzene rings is 12. The Morgan fingerprint density at radius 3 is 1.05 bits per heavy atom. The zero-order valence-corrected chi connectivity index (χ0v) is 40.6. The molecule has 0 saturated carbocycles. The van der Waals surface area contributed by atoms with Crippen LogP contribution in [0.2, 0.25) is 0 Å². The second-order valence-electron chi connectivity index (χ2n) is 19.3. The van der Waals surface area contributed by atoms with Crippen LogP contribution < -0.4 is 0 Å². The molecule has 2 aromatic heterocycles. The molecule has 2 nitrogen and oxygen atoms in total. The number of fused-ring (bicyclic) bond motifs is 6. The standard InChI is InChI=1S/C72H48N2/c1-3-16-49(17-4-1)51-36-40-62(41-37-51)73-69-30-11-8-27-64(69)66-47-59(38-42-71(66)73)60-39-43-72-67(48-60)65-28-9-12-31-70(65)74(72)68-29-10-7-26-63(68)61-25-15-22-56(46-61)53-34-32-52(33-35-53)55-21-14-24-58(45-55)57-23-13-20-54(44-57)50-18-5-2-6-19-50/h1-48H. The van der Waals surface area contributed by atoms with Crippen LogP contribution in [0.15, 0.2) is 291 Å². The Bertz CT molecular complexity index is 4390. The van der Waals surface area contributed by atoms with E-state index in [0.29, 0.717) is 0 Å². The fourth-order valence-corrected chi connectivity index (χ4v) is 11.3. The highest BCUT2D eigenvalue weighted by Gasteiger charge is 2.19. The van der Waals surface area contributed by atoms with E-state index in [1.165, 1.54) is 122 Å². The highest BCUT2D eigenvalue weighted by Crippen LogP contribution is 2.41. The highest BCUT2D eigenvalue weighted by atomic mass is 15.0. The van der Waals surface area contributed by atoms with Gasteiger partial charge in [0.25, 0.3) is 0 Å². The van der Waals surface area contributed by atoms with Crippen LogP contribution in [0.3, 0.4) is 0 Å². The molecule has 0 amide bonds. The van der Waals surface area contributed by atoms with Gasteiger partial charge >= 0.3 is 0 Å². The molecule has 14 aromatic rings. The third-order valence-electron chi connectivity index (χ3n) is 14.9. The third-order valence-corrected chi connectivity index (χ3v) is 14.9. The molecule has 2 heterocycles. The lowest BCUT2D eigenvalue weighted by Gasteiger charge is -2.15. The number of nitrogens with zero attached hydrogens (tertiary/aromatic N) is 2. The van der Waals surface area contributed by atoms with E-state index in [1.807, 2.05) is 0 Å². The first-order valence-electron chi connectivity index (χ1n) is 25.5. The van der Waals surface area contributed by atoms with Crippen LogP contribution in [0.1, 0.15) is 0 Å². The largest absolute Gasteiger partial charge is 0.309 e. The maximum absolute atomic E-state index is 2.46. The summed E-state index contributed by atoms with van der Waals surface area (Å²) in [5.41, 5.74) is 23.9. The third kappa shape index (κ3) is 7.60. The van der Waals surface area contributed by atoms with Crippen LogP contribution in [0.4, 0.5) is 0 Å². The molecule has 74 heavy (non-hydrogen) atoms. The maximum atomic E-state index is 2.46. The van der Waals surface area contributed by atoms with Crippen molar-refractivity contribution in [2.45, 2.75) is 0 Å². The summed E-state index contributed by atoms with van der Waals surface area (Å²) < 4.78 is 4.86. The SMILES string of the molecule is c1ccc(-c2ccc(-n3c4ccccc4c4cc(-c5ccc6c(c5)c5ccccc5n6-c5ccccc5-c5cccc(-c6ccc(-c7cccc(-c8cccc(-c9ccccc9)c8)c7)cc6)c5)ccc43)cc2)cc1. The van der Waals surface area contributed by atoms with Crippen molar-refractivity contribution >= 4 is 43.6 Å². The average molecular weight is 941 g/mol. The van der Waals surface area contributed by atoms with Crippen molar-refractivity contribution in [2.24, 2.45) is 0 Å². The molecule has 0 aliphatic heterocycles. The monoisotopic (exact) mass is 940 g/mol. The molecule has 0 saturated heterocycles. The number of hydrogen-bond acceptors (Lipinski definition) is 0. The number of rotatable bonds is 9. The van der Waals surface area contributed by atoms with Gasteiger partial charge in [-0.05, 0) is 145 Å². The van der Waals surface area contributed by atoms with E-state index in [4.69, 9.17) is 0 Å². The van der Waals surface area contributed by atoms with Crippen LogP contribution >= 0.6 is 0 Å². The molecule has 0 N–H and O–H groups in total. The van der Waals surface area contributed by atoms with Gasteiger partial charge in [0, 0.05) is 32.8 Å². The Morgan fingerprint density at radius 2 is 0.500 bits per heavy atom. The van der Waals surface area contributed by atoms with Crippen molar-refractivity contribution in [1.29, 1.82) is 0 Å². The molecule has 2 heteroatoms. The van der Waals surface area contributed by atoms with E-state index >= 15 is 0 Å². The Morgan fingerprint density at radius 1 is 0.176 bits per heavy atom. The molecule has 0 radical (unpaired) electrons. The van der Waals surface area contributed by atoms with E-state index < -0.39 is 0 Å². The minimum absolute atomic E-state index is 1.15. The Hall–Kier alpha value is -9.76. The fourth-order valence-electron chi connectivity index (χ4n) is 11.3. The smallest absolute Gasteiger partial charge is 0.0541 e. The summed E-state index contributed by atoms with van der Waals surface area (Å²) in [5, 5.41) is 4.95. The molecule has 0 fully saturated rings. The van der Waals surface area contributed by atoms with Gasteiger partial charge in [-0.25, -0.2) is 0 Å². The normalized spacial score (nSPS) is 11.5. The topological polar surface area (TPSA) is 9.86 Å². The molecule has 0 bridgehead atoms. The highest BCUT2D eigenvalue weighted by molar-refractivity contribution is 6.13. The summed E-state index contributed by atoms with van der Waals surface area (Å²) in [4.78, 5) is 0. The summed E-state index contributed by atoms with van der Waals surface area (Å²) in [5.74, 6) is 0. The first-order chi connectivity index (χ1) is 36.7. The van der Waals surface area contributed by atoms with Crippen LogP contribution in [-0.4, -0.2) is 9.13 Å². The predicted octanol–water partition coefficient (Wildman–Crippen LogP) is 19.5. The average Bonchev–Trinajstić information content (AvgIpc) is 4.00. The second-order valence-corrected chi connectivity index (χ2v) is 19.3. The number of hydrogen-bond donors (Lipinski definition) is 0. The quantitative estimate of drug-likeness (QED) is 0.136. The van der Waals surface area contributed by atoms with E-state index in [9.17, 15) is 0 Å². The molecular weight excluding hydrogens is 893 g/mol. The summed E-state index contributed by atoms with van der Waals surface area (Å²) in [7, 11) is 0. The van der Waals surface area contributed by atoms with Crippen LogP contribution in [0.25, 0.3) is 133 Å². The van der Waals surface area contributed by atoms with Gasteiger partial charge in [-0.15, -0.1) is 0 Å². The predicted molar refractivity (Wildman–Crippen MR) is 313 cm³/mol. The van der Waals surface area contributed by atoms with Crippen molar-refractivity contribution in [2.75, 3.05) is 0 Å². The van der Waals surface area contributed by atoms with Crippen LogP contribution in [-0.2, 0) is 0 Å². The summed E-state index contributed by atoms with van der Waals surface area (Å²) in [6.45, 7) is 0. The van der Waals surface area contributed by atoms with Gasteiger partial charge in [0.2, 0.25) is 0 Å². The van der Waals surface area contributed by atoms with Crippen molar-refractivity contribution < 1.29 is 0 Å². The molecular formula is C72H48N2. The summed E-state index contributed by atoms with van der Waals surface area (Å²) >= 11 is 0. The second kappa shape index (κ2) is 18.1. The van der Waals surface area contributed by atoms with Gasteiger partial charge in [-0.2, -0.15) is 0 Å². The van der Waals surface area contributed by atoms with Crippen molar-refractivity contribution in [3.63, 3.8) is 0 Å². The zero-order chi connectivity index (χ0) is 49.0. The minimum Gasteiger partial charge on any atom is -0.309 e. The minimum atomic E-state index is 1.15. The van der Waals surface area contributed by atoms with E-state index in [1.54, 1.807) is 0 Å². The van der Waals surface area contributed by atoms with Crippen molar-refractivity contribution in [1.82, 2.24) is 9.13 Å². The van der Waals surface area contributed by atoms with Crippen LogP contribution in [0, 0.1) is 0 Å². The molecule has 346 valence electrons. The van der Waals surface area contributed by atoms with Gasteiger partial charge in [-0.3, -0.25) is 0 Å². The summed E-state index contributed by atoms with van der Waals surface area (Å²) in [6, 6.07) is 106. The van der Waals surface area contributed by atoms with Gasteiger partial charge < -0.3 is 9.13 Å². The first-order valence-corrected chi connectivity index (χ1v) is 25.5. The fraction of sp³-hybridized carbons (Fsp3) is 0. The first kappa shape index (κ1) is 43.1. The van der Waals surface area contributed by atoms with Gasteiger partial charge in [0.15, 0.2) is 0 Å². The Kier molecular flexibility index (Phi) is 10.6. The lowest BCUT2D eigenvalue weighted by atomic mass is 9.94. The van der Waals surface area contributed by atoms with E-state index in [-0.39, 0.29) is 0 Å². The van der Waals surface area contributed by atoms with Crippen LogP contribution in [0.5, 0.6) is 0 Å². The molecule has 0 aliphatic rings. The molecule has 0 aliphatic carbocycles. The maximum Gasteiger partial charge on any atom is 0.0541 e. The zero-order valence-electron chi connectivity index (χ0n) is 40.6. The molecule has 0 spiro atoms. The van der Waals surface area contributed by atoms with Crippen molar-refractivity contribution in [3.8, 4) is 89.3 Å². The molecule has 12 aromatic carbocycles. The molecule has 14 rings (SSSR count). The number of aromatic nitrogens is 2. The number of para-hydroxylation sites is 3. The Balaban J connectivity index is 0.789. The lowest BCUT2D eigenvalue weighted by molar-refractivity contribution is 1.18. The van der Waals surface area contributed by atoms with Gasteiger partial charge in [0.05, 0.1) is 27.8 Å². The van der Waals surface area contributed by atoms with Crippen molar-refractivity contribution in [3.05, 3.63) is 291 Å². The lowest BCUT2D eigenvalue weighted by Crippen LogP contribution is -1.97. The van der Waals surface area contributed by atoms with Gasteiger partial charge in [-0.1, -0.05) is 218 Å².